The molecule has 0 saturated carbocycles. The van der Waals surface area contributed by atoms with Gasteiger partial charge in [-0.15, -0.1) is 0 Å². The molecule has 0 aromatic heterocycles. The molecule has 4 nitrogen and oxygen atoms in total. The number of hydrogen-bond donors (Lipinski definition) is 2. The summed E-state index contributed by atoms with van der Waals surface area (Å²) in [5, 5.41) is 11.4. The summed E-state index contributed by atoms with van der Waals surface area (Å²) >= 11 is 0. The minimum atomic E-state index is -0.795. The van der Waals surface area contributed by atoms with Gasteiger partial charge in [-0.05, 0) is 37.0 Å². The van der Waals surface area contributed by atoms with Crippen LogP contribution >= 0.6 is 0 Å². The van der Waals surface area contributed by atoms with Gasteiger partial charge in [-0.2, -0.15) is 0 Å². The van der Waals surface area contributed by atoms with E-state index in [4.69, 9.17) is 5.11 Å². The van der Waals surface area contributed by atoms with E-state index >= 15 is 0 Å². The van der Waals surface area contributed by atoms with Crippen LogP contribution in [-0.4, -0.2) is 23.5 Å². The number of rotatable bonds is 9. The standard InChI is InChI=1S/C15H29NO3/c1-12(11-15(2,3)4)9-10-16-13(17)7-5-6-8-14(18)19/h12H,5-11H2,1-4H3,(H,16,17)(H,18,19). The van der Waals surface area contributed by atoms with Crippen LogP contribution < -0.4 is 5.32 Å². The minimum absolute atomic E-state index is 0.0355. The van der Waals surface area contributed by atoms with Crippen molar-refractivity contribution in [2.75, 3.05) is 6.54 Å². The maximum atomic E-state index is 11.5. The quantitative estimate of drug-likeness (QED) is 0.633. The van der Waals surface area contributed by atoms with Crippen molar-refractivity contribution in [2.45, 2.75) is 66.2 Å². The second kappa shape index (κ2) is 8.94. The number of amides is 1. The Bertz CT molecular complexity index is 282. The molecule has 0 spiro atoms. The third kappa shape index (κ3) is 13.2. The van der Waals surface area contributed by atoms with Crippen molar-refractivity contribution in [1.29, 1.82) is 0 Å². The Labute approximate surface area is 117 Å². The first kappa shape index (κ1) is 17.9. The van der Waals surface area contributed by atoms with Crippen LogP contribution in [0.2, 0.25) is 0 Å². The predicted octanol–water partition coefficient (Wildman–Crippen LogP) is 3.21. The molecular formula is C15H29NO3. The molecule has 1 amide bonds. The number of carbonyl (C=O) groups is 2. The first-order valence-corrected chi connectivity index (χ1v) is 7.19. The van der Waals surface area contributed by atoms with Crippen molar-refractivity contribution >= 4 is 11.9 Å². The number of unbranched alkanes of at least 4 members (excludes halogenated alkanes) is 1. The van der Waals surface area contributed by atoms with Crippen molar-refractivity contribution < 1.29 is 14.7 Å². The molecule has 4 heteroatoms. The van der Waals surface area contributed by atoms with E-state index < -0.39 is 5.97 Å². The molecule has 0 aliphatic carbocycles. The lowest BCUT2D eigenvalue weighted by atomic mass is 9.84. The lowest BCUT2D eigenvalue weighted by molar-refractivity contribution is -0.137. The molecule has 0 heterocycles. The summed E-state index contributed by atoms with van der Waals surface area (Å²) in [5.74, 6) is -0.155. The van der Waals surface area contributed by atoms with E-state index in [1.54, 1.807) is 0 Å². The van der Waals surface area contributed by atoms with Gasteiger partial charge >= 0.3 is 5.97 Å². The summed E-state index contributed by atoms with van der Waals surface area (Å²) in [6, 6.07) is 0. The number of nitrogens with one attached hydrogen (secondary N) is 1. The highest BCUT2D eigenvalue weighted by Crippen LogP contribution is 2.25. The zero-order valence-corrected chi connectivity index (χ0v) is 12.8. The highest BCUT2D eigenvalue weighted by Gasteiger charge is 2.15. The monoisotopic (exact) mass is 271 g/mol. The number of carbonyl (C=O) groups excluding carboxylic acids is 1. The molecule has 0 rings (SSSR count). The van der Waals surface area contributed by atoms with E-state index in [2.05, 4.69) is 33.0 Å². The Kier molecular flexibility index (Phi) is 8.44. The molecule has 0 aromatic rings. The van der Waals surface area contributed by atoms with E-state index in [1.807, 2.05) is 0 Å². The number of carboxylic acid groups (broad SMARTS) is 1. The molecule has 0 saturated heterocycles. The molecular weight excluding hydrogens is 242 g/mol. The zero-order chi connectivity index (χ0) is 14.9. The second-order valence-corrected chi connectivity index (χ2v) is 6.61. The van der Waals surface area contributed by atoms with Crippen LogP contribution in [0.4, 0.5) is 0 Å². The van der Waals surface area contributed by atoms with Gasteiger partial charge in [0.1, 0.15) is 0 Å². The van der Waals surface area contributed by atoms with Gasteiger partial charge in [-0.1, -0.05) is 27.7 Å². The maximum absolute atomic E-state index is 11.5. The second-order valence-electron chi connectivity index (χ2n) is 6.61. The third-order valence-corrected chi connectivity index (χ3v) is 2.96. The first-order valence-electron chi connectivity index (χ1n) is 7.19. The lowest BCUT2D eigenvalue weighted by Gasteiger charge is -2.23. The number of hydrogen-bond acceptors (Lipinski definition) is 2. The molecule has 0 aliphatic heterocycles. The van der Waals surface area contributed by atoms with Gasteiger partial charge in [0.05, 0.1) is 0 Å². The molecule has 0 bridgehead atoms. The Morgan fingerprint density at radius 2 is 1.74 bits per heavy atom. The van der Waals surface area contributed by atoms with Crippen molar-refractivity contribution in [2.24, 2.45) is 11.3 Å². The molecule has 112 valence electrons. The fourth-order valence-electron chi connectivity index (χ4n) is 2.26. The number of carboxylic acids is 1. The molecule has 2 N–H and O–H groups in total. The normalized spacial score (nSPS) is 13.1. The Balaban J connectivity index is 3.55. The highest BCUT2D eigenvalue weighted by atomic mass is 16.4. The van der Waals surface area contributed by atoms with Gasteiger partial charge < -0.3 is 10.4 Å². The average Bonchev–Trinajstić information content (AvgIpc) is 2.21. The van der Waals surface area contributed by atoms with Crippen molar-refractivity contribution in [3.05, 3.63) is 0 Å². The fourth-order valence-corrected chi connectivity index (χ4v) is 2.26. The van der Waals surface area contributed by atoms with Crippen LogP contribution in [0.1, 0.15) is 66.2 Å². The summed E-state index contributed by atoms with van der Waals surface area (Å²) < 4.78 is 0. The summed E-state index contributed by atoms with van der Waals surface area (Å²) in [5.41, 5.74) is 0.334. The molecule has 0 fully saturated rings. The average molecular weight is 271 g/mol. The van der Waals surface area contributed by atoms with Crippen molar-refractivity contribution in [3.8, 4) is 0 Å². The molecule has 0 aliphatic rings. The van der Waals surface area contributed by atoms with Crippen LogP contribution in [0, 0.1) is 11.3 Å². The van der Waals surface area contributed by atoms with Crippen LogP contribution in [0.3, 0.4) is 0 Å². The van der Waals surface area contributed by atoms with E-state index in [1.165, 1.54) is 0 Å². The summed E-state index contributed by atoms with van der Waals surface area (Å²) in [6.45, 7) is 9.61. The molecule has 1 atom stereocenters. The fraction of sp³-hybridized carbons (Fsp3) is 0.867. The van der Waals surface area contributed by atoms with Gasteiger partial charge in [0.2, 0.25) is 5.91 Å². The van der Waals surface area contributed by atoms with E-state index in [-0.39, 0.29) is 12.3 Å². The summed E-state index contributed by atoms with van der Waals surface area (Å²) in [6.07, 6.45) is 3.95. The number of aliphatic carboxylic acids is 1. The van der Waals surface area contributed by atoms with Crippen molar-refractivity contribution in [1.82, 2.24) is 5.32 Å². The van der Waals surface area contributed by atoms with Crippen LogP contribution in [0.15, 0.2) is 0 Å². The summed E-state index contributed by atoms with van der Waals surface area (Å²) in [7, 11) is 0. The highest BCUT2D eigenvalue weighted by molar-refractivity contribution is 5.75. The minimum Gasteiger partial charge on any atom is -0.481 e. The van der Waals surface area contributed by atoms with Gasteiger partial charge in [0.25, 0.3) is 0 Å². The Morgan fingerprint density at radius 3 is 2.26 bits per heavy atom. The van der Waals surface area contributed by atoms with Crippen LogP contribution in [0.25, 0.3) is 0 Å². The van der Waals surface area contributed by atoms with Crippen LogP contribution in [0.5, 0.6) is 0 Å². The molecule has 0 aromatic carbocycles. The SMILES string of the molecule is CC(CCNC(=O)CCCCC(=O)O)CC(C)(C)C. The smallest absolute Gasteiger partial charge is 0.303 e. The first-order chi connectivity index (χ1) is 8.70. The van der Waals surface area contributed by atoms with Gasteiger partial charge in [0, 0.05) is 19.4 Å². The Hall–Kier alpha value is -1.06. The molecule has 1 unspecified atom stereocenters. The van der Waals surface area contributed by atoms with Gasteiger partial charge in [0.15, 0.2) is 0 Å². The predicted molar refractivity (Wildman–Crippen MR) is 77.0 cm³/mol. The topological polar surface area (TPSA) is 66.4 Å². The zero-order valence-electron chi connectivity index (χ0n) is 12.8. The molecule has 0 radical (unpaired) electrons. The van der Waals surface area contributed by atoms with E-state index in [0.717, 1.165) is 19.4 Å². The van der Waals surface area contributed by atoms with Crippen LogP contribution in [-0.2, 0) is 9.59 Å². The third-order valence-electron chi connectivity index (χ3n) is 2.96. The summed E-state index contributed by atoms with van der Waals surface area (Å²) in [4.78, 5) is 21.8. The lowest BCUT2D eigenvalue weighted by Crippen LogP contribution is -2.26. The molecule has 19 heavy (non-hydrogen) atoms. The van der Waals surface area contributed by atoms with E-state index in [0.29, 0.717) is 30.6 Å². The van der Waals surface area contributed by atoms with E-state index in [9.17, 15) is 9.59 Å². The van der Waals surface area contributed by atoms with Gasteiger partial charge in [-0.25, -0.2) is 0 Å². The van der Waals surface area contributed by atoms with Gasteiger partial charge in [-0.3, -0.25) is 9.59 Å². The largest absolute Gasteiger partial charge is 0.481 e. The van der Waals surface area contributed by atoms with Crippen molar-refractivity contribution in [3.63, 3.8) is 0 Å². The Morgan fingerprint density at radius 1 is 1.16 bits per heavy atom. The maximum Gasteiger partial charge on any atom is 0.303 e.